The normalized spacial score (nSPS) is 11.4. The maximum Gasteiger partial charge on any atom is 0.309 e. The number of carboxylic acid groups (broad SMARTS) is 1. The highest BCUT2D eigenvalue weighted by Crippen LogP contribution is 2.18. The molecule has 86 valence electrons. The molecule has 0 amide bonds. The van der Waals surface area contributed by atoms with Crippen LogP contribution in [0.5, 0.6) is 0 Å². The van der Waals surface area contributed by atoms with Gasteiger partial charge in [0, 0.05) is 18.0 Å². The molecule has 0 saturated carbocycles. The molecule has 2 aromatic heterocycles. The number of nitrogens with zero attached hydrogens (tertiary/aromatic N) is 2. The molecule has 0 radical (unpaired) electrons. The second-order valence-electron chi connectivity index (χ2n) is 3.79. The number of aromatic nitrogens is 3. The lowest BCUT2D eigenvalue weighted by atomic mass is 10.3. The van der Waals surface area contributed by atoms with Crippen molar-refractivity contribution in [2.75, 3.05) is 0 Å². The van der Waals surface area contributed by atoms with E-state index in [0.717, 1.165) is 5.52 Å². The van der Waals surface area contributed by atoms with Gasteiger partial charge in [0.1, 0.15) is 5.82 Å². The van der Waals surface area contributed by atoms with Crippen molar-refractivity contribution in [3.05, 3.63) is 35.9 Å². The summed E-state index contributed by atoms with van der Waals surface area (Å²) in [5.74, 6) is -0.740. The van der Waals surface area contributed by atoms with E-state index in [2.05, 4.69) is 9.97 Å². The lowest BCUT2D eigenvalue weighted by Gasteiger charge is -1.91. The Morgan fingerprint density at radius 3 is 3.12 bits per heavy atom. The fraction of sp³-hybridized carbons (Fsp3) is 0.0909. The molecule has 0 unspecified atom stereocenters. The van der Waals surface area contributed by atoms with Crippen LogP contribution in [-0.4, -0.2) is 25.4 Å². The standard InChI is InChI=1S/C11H8FN3O2/c12-6-1-2-9-8(3-6)14-11-13-7(4-10(16)17)5-15(9)11/h1-3,5H,4H2,(H,13,14)(H,16,17). The van der Waals surface area contributed by atoms with Gasteiger partial charge in [-0.1, -0.05) is 0 Å². The molecule has 3 rings (SSSR count). The third-order valence-corrected chi connectivity index (χ3v) is 2.55. The molecule has 17 heavy (non-hydrogen) atoms. The number of benzene rings is 1. The van der Waals surface area contributed by atoms with E-state index in [1.165, 1.54) is 12.1 Å². The van der Waals surface area contributed by atoms with Gasteiger partial charge < -0.3 is 10.1 Å². The molecule has 0 saturated heterocycles. The van der Waals surface area contributed by atoms with Crippen LogP contribution in [0, 0.1) is 5.82 Å². The van der Waals surface area contributed by atoms with Crippen LogP contribution in [0.3, 0.4) is 0 Å². The molecule has 2 N–H and O–H groups in total. The number of carbonyl (C=O) groups is 1. The van der Waals surface area contributed by atoms with Gasteiger partial charge in [0.15, 0.2) is 0 Å². The van der Waals surface area contributed by atoms with Gasteiger partial charge in [0.05, 0.1) is 17.5 Å². The number of imidazole rings is 2. The van der Waals surface area contributed by atoms with E-state index in [1.807, 2.05) is 0 Å². The first-order valence-corrected chi connectivity index (χ1v) is 5.00. The Labute approximate surface area is 94.5 Å². The Balaban J connectivity index is 2.21. The van der Waals surface area contributed by atoms with E-state index < -0.39 is 5.97 Å². The first-order valence-electron chi connectivity index (χ1n) is 5.00. The number of carboxylic acids is 1. The van der Waals surface area contributed by atoms with Gasteiger partial charge in [-0.15, -0.1) is 0 Å². The molecule has 0 bridgehead atoms. The van der Waals surface area contributed by atoms with Crippen LogP contribution in [0.4, 0.5) is 4.39 Å². The minimum Gasteiger partial charge on any atom is -0.481 e. The number of halogens is 1. The summed E-state index contributed by atoms with van der Waals surface area (Å²) < 4.78 is 14.7. The largest absolute Gasteiger partial charge is 0.481 e. The van der Waals surface area contributed by atoms with Crippen LogP contribution in [0.1, 0.15) is 5.69 Å². The van der Waals surface area contributed by atoms with E-state index in [4.69, 9.17) is 5.11 Å². The number of rotatable bonds is 2. The van der Waals surface area contributed by atoms with E-state index in [1.54, 1.807) is 16.7 Å². The average molecular weight is 233 g/mol. The van der Waals surface area contributed by atoms with Crippen LogP contribution in [0.25, 0.3) is 16.8 Å². The fourth-order valence-corrected chi connectivity index (χ4v) is 1.88. The molecule has 6 heteroatoms. The minimum absolute atomic E-state index is 0.0912. The number of H-pyrrole nitrogens is 1. The summed E-state index contributed by atoms with van der Waals surface area (Å²) in [6.07, 6.45) is 1.57. The molecule has 0 atom stereocenters. The van der Waals surface area contributed by atoms with Crippen molar-refractivity contribution in [2.45, 2.75) is 6.42 Å². The summed E-state index contributed by atoms with van der Waals surface area (Å²) in [6, 6.07) is 4.30. The highest BCUT2D eigenvalue weighted by Gasteiger charge is 2.10. The highest BCUT2D eigenvalue weighted by molar-refractivity contribution is 5.80. The number of aromatic amines is 1. The molecule has 5 nitrogen and oxygen atoms in total. The van der Waals surface area contributed by atoms with Gasteiger partial charge in [-0.25, -0.2) is 9.37 Å². The van der Waals surface area contributed by atoms with Crippen LogP contribution >= 0.6 is 0 Å². The SMILES string of the molecule is O=C(O)Cc1cn2c(nc3cc(F)ccc32)[nH]1. The third kappa shape index (κ3) is 1.54. The van der Waals surface area contributed by atoms with Crippen LogP contribution in [0.15, 0.2) is 24.4 Å². The van der Waals surface area contributed by atoms with Gasteiger partial charge in [-0.2, -0.15) is 0 Å². The first kappa shape index (κ1) is 9.83. The first-order chi connectivity index (χ1) is 8.13. The number of fused-ring (bicyclic) bond motifs is 3. The van der Waals surface area contributed by atoms with Gasteiger partial charge >= 0.3 is 5.97 Å². The monoisotopic (exact) mass is 233 g/mol. The van der Waals surface area contributed by atoms with Crippen molar-refractivity contribution in [3.63, 3.8) is 0 Å². The van der Waals surface area contributed by atoms with Crippen molar-refractivity contribution >= 4 is 22.8 Å². The summed E-state index contributed by atoms with van der Waals surface area (Å²) in [5, 5.41) is 8.68. The van der Waals surface area contributed by atoms with Crippen molar-refractivity contribution in [2.24, 2.45) is 0 Å². The topological polar surface area (TPSA) is 70.4 Å². The number of aliphatic carboxylic acids is 1. The maximum atomic E-state index is 13.0. The lowest BCUT2D eigenvalue weighted by molar-refractivity contribution is -0.136. The smallest absolute Gasteiger partial charge is 0.309 e. The molecule has 3 aromatic rings. The fourth-order valence-electron chi connectivity index (χ4n) is 1.88. The number of hydrogen-bond donors (Lipinski definition) is 2. The van der Waals surface area contributed by atoms with E-state index in [-0.39, 0.29) is 12.2 Å². The Kier molecular flexibility index (Phi) is 1.91. The maximum absolute atomic E-state index is 13.0. The Morgan fingerprint density at radius 1 is 1.53 bits per heavy atom. The molecule has 0 fully saturated rings. The molecule has 2 heterocycles. The molecular weight excluding hydrogens is 225 g/mol. The second kappa shape index (κ2) is 3.31. The zero-order valence-corrected chi connectivity index (χ0v) is 8.64. The summed E-state index contributed by atoms with van der Waals surface area (Å²) in [6.45, 7) is 0. The molecule has 0 aliphatic rings. The van der Waals surface area contributed by atoms with Gasteiger partial charge in [-0.05, 0) is 12.1 Å². The van der Waals surface area contributed by atoms with Gasteiger partial charge in [0.2, 0.25) is 5.78 Å². The third-order valence-electron chi connectivity index (χ3n) is 2.55. The molecule has 1 aromatic carbocycles. The Morgan fingerprint density at radius 2 is 2.35 bits per heavy atom. The van der Waals surface area contributed by atoms with Gasteiger partial charge in [-0.3, -0.25) is 9.20 Å². The summed E-state index contributed by atoms with van der Waals surface area (Å²) in [7, 11) is 0. The molecule has 0 aliphatic carbocycles. The minimum atomic E-state index is -0.912. The Hall–Kier alpha value is -2.37. The van der Waals surface area contributed by atoms with Crippen LogP contribution in [0.2, 0.25) is 0 Å². The van der Waals surface area contributed by atoms with E-state index >= 15 is 0 Å². The van der Waals surface area contributed by atoms with Crippen LogP contribution in [-0.2, 0) is 11.2 Å². The summed E-state index contributed by atoms with van der Waals surface area (Å²) >= 11 is 0. The Bertz CT molecular complexity index is 729. The van der Waals surface area contributed by atoms with Crippen molar-refractivity contribution in [3.8, 4) is 0 Å². The number of hydrogen-bond acceptors (Lipinski definition) is 2. The summed E-state index contributed by atoms with van der Waals surface area (Å²) in [4.78, 5) is 17.6. The highest BCUT2D eigenvalue weighted by atomic mass is 19.1. The summed E-state index contributed by atoms with van der Waals surface area (Å²) in [5.41, 5.74) is 1.85. The lowest BCUT2D eigenvalue weighted by Crippen LogP contribution is -1.99. The molecular formula is C11H8FN3O2. The predicted octanol–water partition coefficient (Wildman–Crippen LogP) is 1.58. The van der Waals surface area contributed by atoms with Gasteiger partial charge in [0.25, 0.3) is 0 Å². The van der Waals surface area contributed by atoms with Crippen molar-refractivity contribution in [1.29, 1.82) is 0 Å². The zero-order chi connectivity index (χ0) is 12.0. The molecule has 0 aliphatic heterocycles. The molecule has 0 spiro atoms. The van der Waals surface area contributed by atoms with Crippen molar-refractivity contribution < 1.29 is 14.3 Å². The zero-order valence-electron chi connectivity index (χ0n) is 8.64. The van der Waals surface area contributed by atoms with E-state index in [9.17, 15) is 9.18 Å². The van der Waals surface area contributed by atoms with E-state index in [0.29, 0.717) is 17.0 Å². The van der Waals surface area contributed by atoms with Crippen LogP contribution < -0.4 is 0 Å². The van der Waals surface area contributed by atoms with Crippen molar-refractivity contribution in [1.82, 2.24) is 14.4 Å². The predicted molar refractivity (Wildman–Crippen MR) is 58.3 cm³/mol. The quantitative estimate of drug-likeness (QED) is 0.706. The number of nitrogens with one attached hydrogen (secondary N) is 1. The second-order valence-corrected chi connectivity index (χ2v) is 3.79. The average Bonchev–Trinajstić information content (AvgIpc) is 2.72.